The van der Waals surface area contributed by atoms with E-state index in [2.05, 4.69) is 15.7 Å². The van der Waals surface area contributed by atoms with Crippen LogP contribution in [0.15, 0.2) is 6.07 Å². The SMILES string of the molecule is Cc1cc(C(=O)NC2CCNCC2)n(C)n1. The number of aromatic nitrogens is 2. The fraction of sp³-hybridized carbons (Fsp3) is 0.636. The van der Waals surface area contributed by atoms with Crippen LogP contribution >= 0.6 is 0 Å². The van der Waals surface area contributed by atoms with E-state index in [-0.39, 0.29) is 5.91 Å². The highest BCUT2D eigenvalue weighted by Gasteiger charge is 2.18. The van der Waals surface area contributed by atoms with Gasteiger partial charge >= 0.3 is 0 Å². The number of hydrogen-bond acceptors (Lipinski definition) is 3. The third-order valence-corrected chi connectivity index (χ3v) is 2.91. The molecule has 0 unspecified atom stereocenters. The van der Waals surface area contributed by atoms with Crippen LogP contribution in [-0.2, 0) is 7.05 Å². The summed E-state index contributed by atoms with van der Waals surface area (Å²) >= 11 is 0. The van der Waals surface area contributed by atoms with Crippen molar-refractivity contribution in [1.82, 2.24) is 20.4 Å². The number of nitrogens with zero attached hydrogens (tertiary/aromatic N) is 2. The van der Waals surface area contributed by atoms with Crippen LogP contribution in [0.4, 0.5) is 0 Å². The smallest absolute Gasteiger partial charge is 0.269 e. The Labute approximate surface area is 95.2 Å². The first-order valence-corrected chi connectivity index (χ1v) is 5.69. The van der Waals surface area contributed by atoms with Crippen molar-refractivity contribution < 1.29 is 4.79 Å². The number of aryl methyl sites for hydroxylation is 2. The van der Waals surface area contributed by atoms with E-state index in [9.17, 15) is 4.79 Å². The lowest BCUT2D eigenvalue weighted by Gasteiger charge is -2.23. The minimum absolute atomic E-state index is 0.0185. The standard InChI is InChI=1S/C11H18N4O/c1-8-7-10(15(2)14-8)11(16)13-9-3-5-12-6-4-9/h7,9,12H,3-6H2,1-2H3,(H,13,16). The molecule has 2 heterocycles. The minimum Gasteiger partial charge on any atom is -0.348 e. The van der Waals surface area contributed by atoms with Gasteiger partial charge in [0.15, 0.2) is 0 Å². The molecule has 0 atom stereocenters. The maximum Gasteiger partial charge on any atom is 0.269 e. The molecule has 2 rings (SSSR count). The lowest BCUT2D eigenvalue weighted by atomic mass is 10.1. The van der Waals surface area contributed by atoms with Gasteiger partial charge < -0.3 is 10.6 Å². The van der Waals surface area contributed by atoms with Crippen LogP contribution in [-0.4, -0.2) is 34.8 Å². The van der Waals surface area contributed by atoms with Gasteiger partial charge in [-0.25, -0.2) is 0 Å². The van der Waals surface area contributed by atoms with Crippen molar-refractivity contribution in [3.8, 4) is 0 Å². The Morgan fingerprint density at radius 1 is 1.56 bits per heavy atom. The molecule has 0 aliphatic carbocycles. The summed E-state index contributed by atoms with van der Waals surface area (Å²) in [5.41, 5.74) is 1.51. The summed E-state index contributed by atoms with van der Waals surface area (Å²) in [7, 11) is 1.80. The maximum absolute atomic E-state index is 12.0. The lowest BCUT2D eigenvalue weighted by Crippen LogP contribution is -2.43. The summed E-state index contributed by atoms with van der Waals surface area (Å²) in [5.74, 6) is -0.0185. The van der Waals surface area contributed by atoms with Gasteiger partial charge in [-0.3, -0.25) is 9.48 Å². The van der Waals surface area contributed by atoms with Gasteiger partial charge in [0.2, 0.25) is 0 Å². The van der Waals surface area contributed by atoms with E-state index < -0.39 is 0 Å². The highest BCUT2D eigenvalue weighted by Crippen LogP contribution is 2.06. The van der Waals surface area contributed by atoms with Crippen LogP contribution in [0.25, 0.3) is 0 Å². The monoisotopic (exact) mass is 222 g/mol. The van der Waals surface area contributed by atoms with Crippen molar-refractivity contribution >= 4 is 5.91 Å². The summed E-state index contributed by atoms with van der Waals surface area (Å²) < 4.78 is 1.63. The predicted molar refractivity (Wildman–Crippen MR) is 61.3 cm³/mol. The fourth-order valence-corrected chi connectivity index (χ4v) is 2.05. The Morgan fingerprint density at radius 3 is 2.81 bits per heavy atom. The maximum atomic E-state index is 12.0. The normalized spacial score (nSPS) is 17.4. The number of rotatable bonds is 2. The average Bonchev–Trinajstić information content (AvgIpc) is 2.59. The van der Waals surface area contributed by atoms with E-state index in [0.717, 1.165) is 31.6 Å². The number of carbonyl (C=O) groups excluding carboxylic acids is 1. The summed E-state index contributed by atoms with van der Waals surface area (Å²) in [6, 6.07) is 2.11. The molecule has 1 saturated heterocycles. The van der Waals surface area contributed by atoms with Crippen molar-refractivity contribution in [3.05, 3.63) is 17.5 Å². The summed E-state index contributed by atoms with van der Waals surface area (Å²) in [5, 5.41) is 10.5. The molecule has 5 heteroatoms. The highest BCUT2D eigenvalue weighted by molar-refractivity contribution is 5.92. The number of hydrogen-bond donors (Lipinski definition) is 2. The second-order valence-corrected chi connectivity index (χ2v) is 4.29. The highest BCUT2D eigenvalue weighted by atomic mass is 16.2. The Hall–Kier alpha value is -1.36. The molecule has 1 aromatic rings. The quantitative estimate of drug-likeness (QED) is 0.752. The largest absolute Gasteiger partial charge is 0.348 e. The molecule has 0 bridgehead atoms. The summed E-state index contributed by atoms with van der Waals surface area (Å²) in [4.78, 5) is 12.0. The third kappa shape index (κ3) is 2.41. The molecule has 1 aliphatic rings. The molecular formula is C11H18N4O. The molecule has 0 saturated carbocycles. The molecule has 16 heavy (non-hydrogen) atoms. The number of nitrogens with one attached hydrogen (secondary N) is 2. The van der Waals surface area contributed by atoms with Gasteiger partial charge in [-0.1, -0.05) is 0 Å². The Kier molecular flexibility index (Phi) is 3.24. The Bertz CT molecular complexity index is 379. The van der Waals surface area contributed by atoms with Gasteiger partial charge in [-0.2, -0.15) is 5.10 Å². The first kappa shape index (κ1) is 11.1. The van der Waals surface area contributed by atoms with E-state index in [0.29, 0.717) is 11.7 Å². The van der Waals surface area contributed by atoms with Crippen LogP contribution in [0.5, 0.6) is 0 Å². The lowest BCUT2D eigenvalue weighted by molar-refractivity contribution is 0.0920. The van der Waals surface area contributed by atoms with Gasteiger partial charge in [0.1, 0.15) is 5.69 Å². The van der Waals surface area contributed by atoms with Crippen molar-refractivity contribution in [3.63, 3.8) is 0 Å². The van der Waals surface area contributed by atoms with Crippen molar-refractivity contribution in [2.75, 3.05) is 13.1 Å². The third-order valence-electron chi connectivity index (χ3n) is 2.91. The Morgan fingerprint density at radius 2 is 2.25 bits per heavy atom. The van der Waals surface area contributed by atoms with Crippen LogP contribution in [0.2, 0.25) is 0 Å². The number of amides is 1. The summed E-state index contributed by atoms with van der Waals surface area (Å²) in [6.07, 6.45) is 2.01. The molecule has 1 aromatic heterocycles. The van der Waals surface area contributed by atoms with Crippen molar-refractivity contribution in [2.45, 2.75) is 25.8 Å². The van der Waals surface area contributed by atoms with Crippen LogP contribution in [0, 0.1) is 6.92 Å². The minimum atomic E-state index is -0.0185. The van der Waals surface area contributed by atoms with Crippen LogP contribution in [0.1, 0.15) is 29.0 Å². The predicted octanol–water partition coefficient (Wildman–Crippen LogP) is 0.210. The average molecular weight is 222 g/mol. The topological polar surface area (TPSA) is 59.0 Å². The second-order valence-electron chi connectivity index (χ2n) is 4.29. The van der Waals surface area contributed by atoms with Crippen LogP contribution < -0.4 is 10.6 Å². The number of piperidine rings is 1. The zero-order valence-corrected chi connectivity index (χ0v) is 9.79. The first-order valence-electron chi connectivity index (χ1n) is 5.69. The first-order chi connectivity index (χ1) is 7.66. The summed E-state index contributed by atoms with van der Waals surface area (Å²) in [6.45, 7) is 3.85. The molecule has 1 amide bonds. The zero-order valence-electron chi connectivity index (χ0n) is 9.79. The molecule has 5 nitrogen and oxygen atoms in total. The van der Waals surface area contributed by atoms with Gasteiger partial charge in [0, 0.05) is 13.1 Å². The van der Waals surface area contributed by atoms with E-state index in [1.165, 1.54) is 0 Å². The molecule has 88 valence electrons. The van der Waals surface area contributed by atoms with E-state index in [1.807, 2.05) is 13.0 Å². The van der Waals surface area contributed by atoms with Crippen LogP contribution in [0.3, 0.4) is 0 Å². The van der Waals surface area contributed by atoms with Gasteiger partial charge in [-0.15, -0.1) is 0 Å². The van der Waals surface area contributed by atoms with Gasteiger partial charge in [0.25, 0.3) is 5.91 Å². The molecular weight excluding hydrogens is 204 g/mol. The molecule has 2 N–H and O–H groups in total. The van der Waals surface area contributed by atoms with E-state index in [1.54, 1.807) is 11.7 Å². The van der Waals surface area contributed by atoms with Gasteiger partial charge in [0.05, 0.1) is 5.69 Å². The number of carbonyl (C=O) groups is 1. The molecule has 0 radical (unpaired) electrons. The zero-order chi connectivity index (χ0) is 11.5. The second kappa shape index (κ2) is 4.65. The van der Waals surface area contributed by atoms with Gasteiger partial charge in [-0.05, 0) is 38.9 Å². The van der Waals surface area contributed by atoms with E-state index >= 15 is 0 Å². The molecule has 1 aliphatic heterocycles. The fourth-order valence-electron chi connectivity index (χ4n) is 2.05. The van der Waals surface area contributed by atoms with E-state index in [4.69, 9.17) is 0 Å². The van der Waals surface area contributed by atoms with Crippen molar-refractivity contribution in [2.24, 2.45) is 7.05 Å². The van der Waals surface area contributed by atoms with Crippen molar-refractivity contribution in [1.29, 1.82) is 0 Å². The molecule has 0 aromatic carbocycles. The molecule has 0 spiro atoms. The Balaban J connectivity index is 1.99. The molecule has 1 fully saturated rings.